The monoisotopic (exact) mass is 334 g/mol. The summed E-state index contributed by atoms with van der Waals surface area (Å²) in [5.41, 5.74) is 0. The van der Waals surface area contributed by atoms with Crippen LogP contribution in [0.1, 0.15) is 38.5 Å². The van der Waals surface area contributed by atoms with Gasteiger partial charge in [-0.2, -0.15) is 0 Å². The molecule has 0 unspecified atom stereocenters. The van der Waals surface area contributed by atoms with Crippen molar-refractivity contribution in [3.05, 3.63) is 0 Å². The summed E-state index contributed by atoms with van der Waals surface area (Å²) in [4.78, 5) is 4.09. The van der Waals surface area contributed by atoms with Gasteiger partial charge < -0.3 is 15.4 Å². The molecule has 8 heteroatoms. The summed E-state index contributed by atoms with van der Waals surface area (Å²) in [6.45, 7) is 2.38. The number of aliphatic imine (C=N–C) groups is 1. The van der Waals surface area contributed by atoms with E-state index in [1.807, 2.05) is 0 Å². The van der Waals surface area contributed by atoms with Crippen molar-refractivity contribution in [1.29, 1.82) is 0 Å². The van der Waals surface area contributed by atoms with Crippen LogP contribution in [0, 0.1) is 0 Å². The second kappa shape index (κ2) is 10.8. The van der Waals surface area contributed by atoms with Crippen LogP contribution in [0.25, 0.3) is 0 Å². The van der Waals surface area contributed by atoms with Gasteiger partial charge >= 0.3 is 0 Å². The van der Waals surface area contributed by atoms with E-state index in [1.54, 1.807) is 7.05 Å². The highest BCUT2D eigenvalue weighted by Gasteiger charge is 2.12. The Bertz CT molecular complexity index is 420. The van der Waals surface area contributed by atoms with Crippen LogP contribution >= 0.6 is 0 Å². The first-order chi connectivity index (χ1) is 10.5. The minimum Gasteiger partial charge on any atom is -0.378 e. The number of hydrogen-bond acceptors (Lipinski definition) is 4. The van der Waals surface area contributed by atoms with Gasteiger partial charge in [-0.15, -0.1) is 0 Å². The molecule has 0 aromatic carbocycles. The maximum atomic E-state index is 10.9. The lowest BCUT2D eigenvalue weighted by atomic mass is 9.98. The van der Waals surface area contributed by atoms with E-state index in [0.717, 1.165) is 25.8 Å². The summed E-state index contributed by atoms with van der Waals surface area (Å²) in [5, 5.41) is 6.24. The van der Waals surface area contributed by atoms with Crippen molar-refractivity contribution in [3.8, 4) is 0 Å². The summed E-state index contributed by atoms with van der Waals surface area (Å²) in [5.74, 6) is 0.674. The number of sulfonamides is 1. The van der Waals surface area contributed by atoms with E-state index in [4.69, 9.17) is 4.74 Å². The Hall–Kier alpha value is -0.860. The Morgan fingerprint density at radius 2 is 1.82 bits per heavy atom. The van der Waals surface area contributed by atoms with Crippen molar-refractivity contribution in [2.45, 2.75) is 44.6 Å². The first-order valence-electron chi connectivity index (χ1n) is 8.02. The third-order valence-corrected chi connectivity index (χ3v) is 4.25. The van der Waals surface area contributed by atoms with Gasteiger partial charge in [-0.3, -0.25) is 4.99 Å². The highest BCUT2D eigenvalue weighted by molar-refractivity contribution is 7.88. The van der Waals surface area contributed by atoms with Crippen molar-refractivity contribution < 1.29 is 13.2 Å². The zero-order valence-corrected chi connectivity index (χ0v) is 14.5. The molecule has 0 saturated heterocycles. The first-order valence-corrected chi connectivity index (χ1v) is 9.91. The number of ether oxygens (including phenoxy) is 1. The number of hydrogen-bond donors (Lipinski definition) is 3. The van der Waals surface area contributed by atoms with Gasteiger partial charge in [0, 0.05) is 33.3 Å². The topological polar surface area (TPSA) is 91.8 Å². The smallest absolute Gasteiger partial charge is 0.208 e. The molecule has 0 spiro atoms. The summed E-state index contributed by atoms with van der Waals surface area (Å²) < 4.78 is 30.1. The fraction of sp³-hybridized carbons (Fsp3) is 0.929. The van der Waals surface area contributed by atoms with E-state index in [9.17, 15) is 8.42 Å². The molecular formula is C14H30N4O3S. The summed E-state index contributed by atoms with van der Waals surface area (Å²) in [7, 11) is -1.44. The van der Waals surface area contributed by atoms with Crippen molar-refractivity contribution >= 4 is 16.0 Å². The molecule has 130 valence electrons. The lowest BCUT2D eigenvalue weighted by molar-refractivity contribution is 0.0277. The van der Waals surface area contributed by atoms with Crippen LogP contribution in [0.2, 0.25) is 0 Å². The van der Waals surface area contributed by atoms with Crippen LogP contribution in [0.15, 0.2) is 4.99 Å². The molecule has 0 bridgehead atoms. The Morgan fingerprint density at radius 3 is 2.45 bits per heavy atom. The SMILES string of the molecule is CN=C(NCCCOC1CCCCC1)NCCNS(C)(=O)=O. The lowest BCUT2D eigenvalue weighted by Crippen LogP contribution is -2.41. The zero-order valence-electron chi connectivity index (χ0n) is 13.7. The van der Waals surface area contributed by atoms with E-state index in [0.29, 0.717) is 25.2 Å². The van der Waals surface area contributed by atoms with Crippen LogP contribution < -0.4 is 15.4 Å². The molecule has 0 amide bonds. The predicted molar refractivity (Wildman–Crippen MR) is 89.7 cm³/mol. The van der Waals surface area contributed by atoms with Gasteiger partial charge in [-0.05, 0) is 19.3 Å². The fourth-order valence-corrected chi connectivity index (χ4v) is 2.87. The minimum atomic E-state index is -3.13. The largest absolute Gasteiger partial charge is 0.378 e. The predicted octanol–water partition coefficient (Wildman–Crippen LogP) is 0.440. The van der Waals surface area contributed by atoms with Gasteiger partial charge in [0.05, 0.1) is 12.4 Å². The quantitative estimate of drug-likeness (QED) is 0.323. The van der Waals surface area contributed by atoms with Gasteiger partial charge in [-0.1, -0.05) is 19.3 Å². The van der Waals surface area contributed by atoms with E-state index < -0.39 is 10.0 Å². The second-order valence-corrected chi connectivity index (χ2v) is 7.41. The highest BCUT2D eigenvalue weighted by atomic mass is 32.2. The van der Waals surface area contributed by atoms with Crippen molar-refractivity contribution in [2.75, 3.05) is 39.5 Å². The maximum Gasteiger partial charge on any atom is 0.208 e. The first kappa shape index (κ1) is 19.2. The van der Waals surface area contributed by atoms with Gasteiger partial charge in [0.2, 0.25) is 10.0 Å². The number of guanidine groups is 1. The Labute approximate surface area is 134 Å². The molecule has 3 N–H and O–H groups in total. The second-order valence-electron chi connectivity index (χ2n) is 5.58. The summed E-state index contributed by atoms with van der Waals surface area (Å²) >= 11 is 0. The number of nitrogens with one attached hydrogen (secondary N) is 3. The van der Waals surface area contributed by atoms with Crippen LogP contribution in [0.4, 0.5) is 0 Å². The molecule has 1 fully saturated rings. The van der Waals surface area contributed by atoms with Gasteiger partial charge in [-0.25, -0.2) is 13.1 Å². The molecule has 1 saturated carbocycles. The molecule has 0 heterocycles. The van der Waals surface area contributed by atoms with Crippen LogP contribution in [0.3, 0.4) is 0 Å². The number of rotatable bonds is 9. The molecule has 0 radical (unpaired) electrons. The zero-order chi connectivity index (χ0) is 16.3. The lowest BCUT2D eigenvalue weighted by Gasteiger charge is -2.22. The fourth-order valence-electron chi connectivity index (χ4n) is 2.40. The van der Waals surface area contributed by atoms with Gasteiger partial charge in [0.15, 0.2) is 5.96 Å². The van der Waals surface area contributed by atoms with Crippen LogP contribution in [0.5, 0.6) is 0 Å². The molecule has 1 aliphatic rings. The Morgan fingerprint density at radius 1 is 1.14 bits per heavy atom. The highest BCUT2D eigenvalue weighted by Crippen LogP contribution is 2.20. The normalized spacial score (nSPS) is 17.5. The van der Waals surface area contributed by atoms with E-state index in [-0.39, 0.29) is 0 Å². The molecule has 0 aliphatic heterocycles. The average Bonchev–Trinajstić information content (AvgIpc) is 2.49. The average molecular weight is 334 g/mol. The molecule has 1 rings (SSSR count). The minimum absolute atomic E-state index is 0.338. The van der Waals surface area contributed by atoms with Crippen LogP contribution in [-0.4, -0.2) is 60.0 Å². The summed E-state index contributed by atoms with van der Waals surface area (Å²) in [6.07, 6.45) is 8.85. The molecule has 1 aliphatic carbocycles. The maximum absolute atomic E-state index is 10.9. The Kier molecular flexibility index (Phi) is 9.42. The third-order valence-electron chi connectivity index (χ3n) is 3.52. The molecule has 7 nitrogen and oxygen atoms in total. The third kappa shape index (κ3) is 9.97. The van der Waals surface area contributed by atoms with E-state index in [2.05, 4.69) is 20.3 Å². The van der Waals surface area contributed by atoms with Gasteiger partial charge in [0.25, 0.3) is 0 Å². The molecule has 0 atom stereocenters. The van der Waals surface area contributed by atoms with E-state index in [1.165, 1.54) is 32.1 Å². The Balaban J connectivity index is 2.01. The molecule has 22 heavy (non-hydrogen) atoms. The van der Waals surface area contributed by atoms with Crippen molar-refractivity contribution in [1.82, 2.24) is 15.4 Å². The van der Waals surface area contributed by atoms with Gasteiger partial charge in [0.1, 0.15) is 0 Å². The standard InChI is InChI=1S/C14H30N4O3S/c1-15-14(17-10-11-18-22(2,19)20)16-9-6-12-21-13-7-4-3-5-8-13/h13,18H,3-12H2,1-2H3,(H2,15,16,17). The summed E-state index contributed by atoms with van der Waals surface area (Å²) in [6, 6.07) is 0. The molecule has 0 aromatic rings. The number of nitrogens with zero attached hydrogens (tertiary/aromatic N) is 1. The van der Waals surface area contributed by atoms with E-state index >= 15 is 0 Å². The molecule has 0 aromatic heterocycles. The van der Waals surface area contributed by atoms with Crippen molar-refractivity contribution in [3.63, 3.8) is 0 Å². The molecular weight excluding hydrogens is 304 g/mol. The van der Waals surface area contributed by atoms with Crippen molar-refractivity contribution in [2.24, 2.45) is 4.99 Å². The van der Waals surface area contributed by atoms with Crippen LogP contribution in [-0.2, 0) is 14.8 Å².